The summed E-state index contributed by atoms with van der Waals surface area (Å²) in [5, 5.41) is 0. The van der Waals surface area contributed by atoms with Crippen molar-refractivity contribution in [3.63, 3.8) is 0 Å². The van der Waals surface area contributed by atoms with Crippen molar-refractivity contribution in [1.82, 2.24) is 0 Å². The summed E-state index contributed by atoms with van der Waals surface area (Å²) in [6, 6.07) is 8.67. The number of sulfonamides is 1. The first kappa shape index (κ1) is 15.5. The molecule has 0 amide bonds. The molecule has 0 atom stereocenters. The Morgan fingerprint density at radius 2 is 1.80 bits per heavy atom. The van der Waals surface area contributed by atoms with Crippen LogP contribution in [-0.4, -0.2) is 8.42 Å². The van der Waals surface area contributed by atoms with Crippen molar-refractivity contribution >= 4 is 47.6 Å². The molecule has 0 bridgehead atoms. The van der Waals surface area contributed by atoms with Crippen molar-refractivity contribution in [2.24, 2.45) is 0 Å². The van der Waals surface area contributed by atoms with Gasteiger partial charge >= 0.3 is 0 Å². The molecular formula is C13H10Br2FNO2S. The zero-order valence-corrected chi connectivity index (χ0v) is 14.3. The smallest absolute Gasteiger partial charge is 0.261 e. The van der Waals surface area contributed by atoms with Gasteiger partial charge in [0.05, 0.1) is 10.6 Å². The quantitative estimate of drug-likeness (QED) is 0.793. The van der Waals surface area contributed by atoms with Crippen LogP contribution in [0.3, 0.4) is 0 Å². The fourth-order valence-electron chi connectivity index (χ4n) is 1.56. The van der Waals surface area contributed by atoms with E-state index in [9.17, 15) is 12.8 Å². The van der Waals surface area contributed by atoms with E-state index >= 15 is 0 Å². The standard InChI is InChI=1S/C13H10Br2FNO2S/c1-8-6-10(3-4-11(8)15)20(18,19)17-13-7-9(14)2-5-12(13)16/h2-7,17H,1H3. The van der Waals surface area contributed by atoms with Crippen LogP contribution in [0.1, 0.15) is 5.56 Å². The van der Waals surface area contributed by atoms with Crippen molar-refractivity contribution in [1.29, 1.82) is 0 Å². The molecule has 0 aliphatic heterocycles. The van der Waals surface area contributed by atoms with E-state index in [1.54, 1.807) is 13.0 Å². The predicted octanol–water partition coefficient (Wildman–Crippen LogP) is 4.46. The average Bonchev–Trinajstić information content (AvgIpc) is 2.36. The van der Waals surface area contributed by atoms with Gasteiger partial charge in [0.15, 0.2) is 0 Å². The molecule has 0 aliphatic carbocycles. The van der Waals surface area contributed by atoms with Crippen molar-refractivity contribution in [3.05, 3.63) is 56.7 Å². The van der Waals surface area contributed by atoms with Gasteiger partial charge in [0, 0.05) is 8.95 Å². The monoisotopic (exact) mass is 421 g/mol. The Kier molecular flexibility index (Phi) is 4.51. The lowest BCUT2D eigenvalue weighted by Gasteiger charge is -2.10. The van der Waals surface area contributed by atoms with Gasteiger partial charge in [-0.15, -0.1) is 0 Å². The summed E-state index contributed by atoms with van der Waals surface area (Å²) in [6.45, 7) is 1.78. The summed E-state index contributed by atoms with van der Waals surface area (Å²) in [7, 11) is -3.82. The summed E-state index contributed by atoms with van der Waals surface area (Å²) in [5.41, 5.74) is 0.683. The molecule has 3 nitrogen and oxygen atoms in total. The van der Waals surface area contributed by atoms with Crippen LogP contribution in [0.2, 0.25) is 0 Å². The highest BCUT2D eigenvalue weighted by Gasteiger charge is 2.17. The number of benzene rings is 2. The second kappa shape index (κ2) is 5.83. The van der Waals surface area contributed by atoms with Gasteiger partial charge in [-0.3, -0.25) is 4.72 Å². The molecule has 20 heavy (non-hydrogen) atoms. The number of rotatable bonds is 3. The maximum atomic E-state index is 13.6. The third kappa shape index (κ3) is 3.39. The van der Waals surface area contributed by atoms with E-state index in [4.69, 9.17) is 0 Å². The maximum Gasteiger partial charge on any atom is 0.261 e. The fraction of sp³-hybridized carbons (Fsp3) is 0.0769. The zero-order chi connectivity index (χ0) is 14.9. The molecule has 0 spiro atoms. The van der Waals surface area contributed by atoms with Crippen molar-refractivity contribution in [2.45, 2.75) is 11.8 Å². The van der Waals surface area contributed by atoms with Crippen LogP contribution in [0.15, 0.2) is 50.2 Å². The minimum Gasteiger partial charge on any atom is -0.277 e. The van der Waals surface area contributed by atoms with E-state index in [0.29, 0.717) is 4.47 Å². The first-order chi connectivity index (χ1) is 9.29. The Balaban J connectivity index is 2.40. The minimum atomic E-state index is -3.82. The van der Waals surface area contributed by atoms with Crippen molar-refractivity contribution in [3.8, 4) is 0 Å². The molecule has 0 saturated heterocycles. The van der Waals surface area contributed by atoms with Gasteiger partial charge in [-0.1, -0.05) is 31.9 Å². The van der Waals surface area contributed by atoms with Crippen LogP contribution in [-0.2, 0) is 10.0 Å². The average molecular weight is 423 g/mol. The third-order valence-electron chi connectivity index (χ3n) is 2.61. The molecule has 0 aromatic heterocycles. The highest BCUT2D eigenvalue weighted by atomic mass is 79.9. The Bertz CT molecular complexity index is 763. The molecule has 2 aromatic carbocycles. The third-order valence-corrected chi connectivity index (χ3v) is 5.36. The summed E-state index contributed by atoms with van der Waals surface area (Å²) in [6.07, 6.45) is 0. The number of anilines is 1. The van der Waals surface area contributed by atoms with E-state index in [1.807, 2.05) is 0 Å². The Hall–Kier alpha value is -0.920. The molecule has 0 fully saturated rings. The van der Waals surface area contributed by atoms with Gasteiger partial charge in [-0.05, 0) is 48.9 Å². The molecule has 0 aliphatic rings. The largest absolute Gasteiger partial charge is 0.277 e. The predicted molar refractivity (Wildman–Crippen MR) is 83.8 cm³/mol. The van der Waals surface area contributed by atoms with E-state index in [1.165, 1.54) is 30.3 Å². The van der Waals surface area contributed by atoms with Gasteiger partial charge in [0.1, 0.15) is 5.82 Å². The lowest BCUT2D eigenvalue weighted by Crippen LogP contribution is -2.14. The SMILES string of the molecule is Cc1cc(S(=O)(=O)Nc2cc(Br)ccc2F)ccc1Br. The first-order valence-electron chi connectivity index (χ1n) is 5.53. The molecule has 1 N–H and O–H groups in total. The number of hydrogen-bond acceptors (Lipinski definition) is 2. The summed E-state index contributed by atoms with van der Waals surface area (Å²) >= 11 is 6.48. The molecule has 2 rings (SSSR count). The molecule has 2 aromatic rings. The Morgan fingerprint density at radius 3 is 2.45 bits per heavy atom. The summed E-state index contributed by atoms with van der Waals surface area (Å²) < 4.78 is 41.7. The number of nitrogens with one attached hydrogen (secondary N) is 1. The van der Waals surface area contributed by atoms with Crippen LogP contribution in [0.4, 0.5) is 10.1 Å². The highest BCUT2D eigenvalue weighted by molar-refractivity contribution is 9.10. The number of halogens is 3. The number of hydrogen-bond donors (Lipinski definition) is 1. The van der Waals surface area contributed by atoms with Crippen LogP contribution in [0.25, 0.3) is 0 Å². The first-order valence-corrected chi connectivity index (χ1v) is 8.60. The van der Waals surface area contributed by atoms with Crippen LogP contribution < -0.4 is 4.72 Å². The molecule has 0 radical (unpaired) electrons. The zero-order valence-electron chi connectivity index (χ0n) is 10.3. The summed E-state index contributed by atoms with van der Waals surface area (Å²) in [4.78, 5) is 0.0811. The van der Waals surface area contributed by atoms with E-state index in [0.717, 1.165) is 10.0 Å². The topological polar surface area (TPSA) is 46.2 Å². The fourth-order valence-corrected chi connectivity index (χ4v) is 3.31. The normalized spacial score (nSPS) is 11.4. The lowest BCUT2D eigenvalue weighted by atomic mass is 10.2. The maximum absolute atomic E-state index is 13.6. The van der Waals surface area contributed by atoms with Crippen molar-refractivity contribution < 1.29 is 12.8 Å². The Labute approximate surface area is 133 Å². The van der Waals surface area contributed by atoms with Gasteiger partial charge < -0.3 is 0 Å². The van der Waals surface area contributed by atoms with E-state index in [2.05, 4.69) is 36.6 Å². The van der Waals surface area contributed by atoms with Gasteiger partial charge in [-0.25, -0.2) is 12.8 Å². The highest BCUT2D eigenvalue weighted by Crippen LogP contribution is 2.25. The van der Waals surface area contributed by atoms with E-state index < -0.39 is 15.8 Å². The van der Waals surface area contributed by atoms with E-state index in [-0.39, 0.29) is 10.6 Å². The van der Waals surface area contributed by atoms with Crippen LogP contribution >= 0.6 is 31.9 Å². The molecule has 0 heterocycles. The molecule has 106 valence electrons. The minimum absolute atomic E-state index is 0.0811. The molecule has 0 unspecified atom stereocenters. The van der Waals surface area contributed by atoms with Gasteiger partial charge in [0.2, 0.25) is 0 Å². The summed E-state index contributed by atoms with van der Waals surface area (Å²) in [5.74, 6) is -0.634. The lowest BCUT2D eigenvalue weighted by molar-refractivity contribution is 0.598. The Morgan fingerprint density at radius 1 is 1.10 bits per heavy atom. The van der Waals surface area contributed by atoms with Crippen molar-refractivity contribution in [2.75, 3.05) is 4.72 Å². The van der Waals surface area contributed by atoms with Crippen LogP contribution in [0.5, 0.6) is 0 Å². The van der Waals surface area contributed by atoms with Crippen LogP contribution in [0, 0.1) is 12.7 Å². The second-order valence-corrected chi connectivity index (χ2v) is 7.59. The number of aryl methyl sites for hydroxylation is 1. The van der Waals surface area contributed by atoms with Gasteiger partial charge in [0.25, 0.3) is 10.0 Å². The second-order valence-electron chi connectivity index (χ2n) is 4.14. The van der Waals surface area contributed by atoms with Gasteiger partial charge in [-0.2, -0.15) is 0 Å². The molecular weight excluding hydrogens is 413 g/mol. The molecule has 0 saturated carbocycles. The molecule has 7 heteroatoms.